The highest BCUT2D eigenvalue weighted by Crippen LogP contribution is 2.44. The molecule has 0 fully saturated rings. The van der Waals surface area contributed by atoms with E-state index >= 15 is 0 Å². The van der Waals surface area contributed by atoms with E-state index in [1.807, 2.05) is 54.8 Å². The first-order valence-electron chi connectivity index (χ1n) is 12.3. The number of aromatic nitrogens is 1. The highest BCUT2D eigenvalue weighted by atomic mass is 32.2. The summed E-state index contributed by atoms with van der Waals surface area (Å²) < 4.78 is 1.51. The van der Waals surface area contributed by atoms with Crippen LogP contribution in [0.15, 0.2) is 64.5 Å². The van der Waals surface area contributed by atoms with Crippen LogP contribution in [0.1, 0.15) is 45.6 Å². The van der Waals surface area contributed by atoms with Gasteiger partial charge >= 0.3 is 0 Å². The second kappa shape index (κ2) is 11.1. The number of nitrogens with one attached hydrogen (secondary N) is 1. The monoisotopic (exact) mass is 536 g/mol. The molecule has 4 rings (SSSR count). The molecule has 9 nitrogen and oxygen atoms in total. The molecule has 1 aromatic heterocycles. The largest absolute Gasteiger partial charge is 0.387 e. The number of non-ortho nitro benzene ring substituents is 1. The third-order valence-electron chi connectivity index (χ3n) is 6.71. The van der Waals surface area contributed by atoms with Gasteiger partial charge in [0.2, 0.25) is 0 Å². The highest BCUT2D eigenvalue weighted by Gasteiger charge is 2.39. The first kappa shape index (κ1) is 27.6. The zero-order valence-electron chi connectivity index (χ0n) is 21.9. The Morgan fingerprint density at radius 3 is 2.53 bits per heavy atom. The lowest BCUT2D eigenvalue weighted by Gasteiger charge is -2.30. The molecule has 0 bridgehead atoms. The molecule has 0 saturated carbocycles. The Labute approximate surface area is 225 Å². The lowest BCUT2D eigenvalue weighted by molar-refractivity contribution is -0.384. The SMILES string of the molecule is Cc1ccc(CNC(=O)c2cn(C)c3c(c2=O)CC(C)(CN(C)C[C@@H](O)c2ccc([N+](=O)[O-])cc2)S3)cc1. The Bertz CT molecular complexity index is 1400. The molecule has 3 aromatic rings. The highest BCUT2D eigenvalue weighted by molar-refractivity contribution is 8.01. The van der Waals surface area contributed by atoms with Crippen LogP contribution >= 0.6 is 11.8 Å². The average molecular weight is 537 g/mol. The van der Waals surface area contributed by atoms with Crippen molar-refractivity contribution in [2.24, 2.45) is 7.05 Å². The summed E-state index contributed by atoms with van der Waals surface area (Å²) in [6.07, 6.45) is 1.29. The number of nitro benzene ring substituents is 1. The third kappa shape index (κ3) is 6.15. The van der Waals surface area contributed by atoms with Crippen LogP contribution in [-0.2, 0) is 20.0 Å². The fourth-order valence-corrected chi connectivity index (χ4v) is 6.26. The van der Waals surface area contributed by atoms with Crippen molar-refractivity contribution < 1.29 is 14.8 Å². The van der Waals surface area contributed by atoms with Gasteiger partial charge in [0, 0.05) is 55.3 Å². The standard InChI is InChI=1S/C28H32N4O5S/c1-18-5-7-19(8-6-18)14-29-26(35)23-15-31(4)27-22(25(23)34)13-28(2,38-27)17-30(3)16-24(33)20-9-11-21(12-10-20)32(36)37/h5-12,15,24,33H,13-14,16-17H2,1-4H3,(H,29,35)/t24-,28?/m1/s1. The average Bonchev–Trinajstić information content (AvgIpc) is 3.23. The number of aliphatic hydroxyl groups excluding tert-OH is 1. The number of aryl methyl sites for hydroxylation is 2. The van der Waals surface area contributed by atoms with Gasteiger partial charge in [0.15, 0.2) is 5.43 Å². The molecule has 200 valence electrons. The zero-order valence-corrected chi connectivity index (χ0v) is 22.7. The fraction of sp³-hybridized carbons (Fsp3) is 0.357. The van der Waals surface area contributed by atoms with Crippen LogP contribution in [0.4, 0.5) is 5.69 Å². The normalized spacial score (nSPS) is 17.3. The summed E-state index contributed by atoms with van der Waals surface area (Å²) in [6, 6.07) is 13.8. The predicted octanol–water partition coefficient (Wildman–Crippen LogP) is 3.60. The Morgan fingerprint density at radius 2 is 1.89 bits per heavy atom. The lowest BCUT2D eigenvalue weighted by Crippen LogP contribution is -2.38. The van der Waals surface area contributed by atoms with Gasteiger partial charge in [-0.05, 0) is 50.6 Å². The van der Waals surface area contributed by atoms with Crippen molar-refractivity contribution in [3.8, 4) is 0 Å². The Morgan fingerprint density at radius 1 is 1.24 bits per heavy atom. The molecule has 0 spiro atoms. The van der Waals surface area contributed by atoms with Crippen molar-refractivity contribution in [1.82, 2.24) is 14.8 Å². The van der Waals surface area contributed by atoms with Crippen LogP contribution in [0, 0.1) is 17.0 Å². The fourth-order valence-electron chi connectivity index (χ4n) is 4.80. The van der Waals surface area contributed by atoms with E-state index in [2.05, 4.69) is 12.2 Å². The van der Waals surface area contributed by atoms with Crippen molar-refractivity contribution in [2.45, 2.75) is 42.7 Å². The number of fused-ring (bicyclic) bond motifs is 1. The number of amides is 1. The van der Waals surface area contributed by atoms with Gasteiger partial charge in [0.25, 0.3) is 11.6 Å². The van der Waals surface area contributed by atoms with Gasteiger partial charge in [0.05, 0.1) is 16.1 Å². The quantitative estimate of drug-likeness (QED) is 0.317. The van der Waals surface area contributed by atoms with Crippen LogP contribution in [0.3, 0.4) is 0 Å². The number of hydrogen-bond donors (Lipinski definition) is 2. The molecule has 1 amide bonds. The van der Waals surface area contributed by atoms with Gasteiger partial charge in [0.1, 0.15) is 5.56 Å². The molecule has 10 heteroatoms. The predicted molar refractivity (Wildman–Crippen MR) is 148 cm³/mol. The molecule has 2 atom stereocenters. The van der Waals surface area contributed by atoms with Crippen molar-refractivity contribution >= 4 is 23.4 Å². The Kier molecular flexibility index (Phi) is 8.05. The number of thioether (sulfide) groups is 1. The number of benzene rings is 2. The second-order valence-corrected chi connectivity index (χ2v) is 11.8. The zero-order chi connectivity index (χ0) is 27.6. The smallest absolute Gasteiger partial charge is 0.269 e. The maximum atomic E-state index is 13.3. The molecule has 0 radical (unpaired) electrons. The summed E-state index contributed by atoms with van der Waals surface area (Å²) in [6.45, 7) is 5.33. The summed E-state index contributed by atoms with van der Waals surface area (Å²) in [5, 5.41) is 25.2. The number of carbonyl (C=O) groups excluding carboxylic acids is 1. The van der Waals surface area contributed by atoms with Crippen LogP contribution in [0.2, 0.25) is 0 Å². The van der Waals surface area contributed by atoms with Crippen molar-refractivity contribution in [2.75, 3.05) is 20.1 Å². The van der Waals surface area contributed by atoms with Crippen LogP contribution < -0.4 is 10.7 Å². The summed E-state index contributed by atoms with van der Waals surface area (Å²) in [7, 11) is 3.74. The van der Waals surface area contributed by atoms with E-state index in [0.29, 0.717) is 37.2 Å². The molecule has 1 aliphatic heterocycles. The first-order valence-corrected chi connectivity index (χ1v) is 13.1. The number of rotatable bonds is 9. The number of likely N-dealkylation sites (N-methyl/N-ethyl adjacent to an activating group) is 1. The van der Waals surface area contributed by atoms with Crippen LogP contribution in [0.25, 0.3) is 0 Å². The van der Waals surface area contributed by atoms with Crippen molar-refractivity contribution in [3.63, 3.8) is 0 Å². The van der Waals surface area contributed by atoms with E-state index in [9.17, 15) is 24.8 Å². The summed E-state index contributed by atoms with van der Waals surface area (Å²) in [5.41, 5.74) is 3.20. The number of pyridine rings is 1. The molecule has 0 saturated heterocycles. The van der Waals surface area contributed by atoms with Gasteiger partial charge in [-0.1, -0.05) is 41.6 Å². The molecular weight excluding hydrogens is 504 g/mol. The maximum Gasteiger partial charge on any atom is 0.269 e. The van der Waals surface area contributed by atoms with Gasteiger partial charge in [-0.2, -0.15) is 0 Å². The molecular formula is C28H32N4O5S. The molecule has 2 aromatic carbocycles. The van der Waals surface area contributed by atoms with Gasteiger partial charge in [-0.25, -0.2) is 0 Å². The molecule has 0 aliphatic carbocycles. The molecule has 2 N–H and O–H groups in total. The third-order valence-corrected chi connectivity index (χ3v) is 8.20. The van der Waals surface area contributed by atoms with E-state index in [4.69, 9.17) is 0 Å². The second-order valence-electron chi connectivity index (χ2n) is 10.2. The van der Waals surface area contributed by atoms with E-state index in [-0.39, 0.29) is 21.4 Å². The summed E-state index contributed by atoms with van der Waals surface area (Å²) >= 11 is 1.60. The van der Waals surface area contributed by atoms with Crippen molar-refractivity contribution in [3.05, 3.63) is 103 Å². The minimum absolute atomic E-state index is 0.0218. The van der Waals surface area contributed by atoms with E-state index in [1.54, 1.807) is 30.1 Å². The van der Waals surface area contributed by atoms with E-state index in [0.717, 1.165) is 16.2 Å². The topological polar surface area (TPSA) is 118 Å². The molecule has 1 unspecified atom stereocenters. The van der Waals surface area contributed by atoms with Crippen molar-refractivity contribution in [1.29, 1.82) is 0 Å². The van der Waals surface area contributed by atoms with Gasteiger partial charge in [-0.15, -0.1) is 0 Å². The molecule has 1 aliphatic rings. The number of aliphatic hydroxyl groups is 1. The number of nitro groups is 1. The lowest BCUT2D eigenvalue weighted by atomic mass is 9.99. The van der Waals surface area contributed by atoms with Gasteiger partial charge in [-0.3, -0.25) is 19.7 Å². The first-order chi connectivity index (χ1) is 18.0. The van der Waals surface area contributed by atoms with Gasteiger partial charge < -0.3 is 19.9 Å². The Balaban J connectivity index is 1.42. The molecule has 2 heterocycles. The minimum Gasteiger partial charge on any atom is -0.387 e. The van der Waals surface area contributed by atoms with E-state index in [1.165, 1.54) is 12.1 Å². The number of carbonyl (C=O) groups is 1. The van der Waals surface area contributed by atoms with E-state index < -0.39 is 16.9 Å². The van der Waals surface area contributed by atoms with Crippen LogP contribution in [-0.4, -0.2) is 50.3 Å². The Hall–Kier alpha value is -3.47. The summed E-state index contributed by atoms with van der Waals surface area (Å²) in [5.74, 6) is -0.393. The molecule has 38 heavy (non-hydrogen) atoms. The summed E-state index contributed by atoms with van der Waals surface area (Å²) in [4.78, 5) is 38.6. The van der Waals surface area contributed by atoms with Crippen LogP contribution in [0.5, 0.6) is 0 Å². The number of hydrogen-bond acceptors (Lipinski definition) is 7. The maximum absolute atomic E-state index is 13.3. The number of nitrogens with zero attached hydrogens (tertiary/aromatic N) is 3. The minimum atomic E-state index is -0.812.